The molecule has 2 N–H and O–H groups in total. The third kappa shape index (κ3) is 3.83. The molecule has 2 aromatic heterocycles. The van der Waals surface area contributed by atoms with E-state index in [0.29, 0.717) is 22.1 Å². The van der Waals surface area contributed by atoms with Crippen molar-refractivity contribution in [1.82, 2.24) is 19.6 Å². The number of aromatic amines is 1. The summed E-state index contributed by atoms with van der Waals surface area (Å²) in [5, 5.41) is 9.26. The number of nitrogens with one attached hydrogen (secondary N) is 2. The van der Waals surface area contributed by atoms with Gasteiger partial charge in [-0.3, -0.25) is 19.4 Å². The number of nitrogens with zero attached hydrogens (tertiary/aromatic N) is 3. The molecule has 10 heteroatoms. The summed E-state index contributed by atoms with van der Waals surface area (Å²) in [5.41, 5.74) is -1.10. The lowest BCUT2D eigenvalue weighted by Gasteiger charge is -2.13. The summed E-state index contributed by atoms with van der Waals surface area (Å²) in [6.07, 6.45) is -3.12. The number of halogens is 3. The summed E-state index contributed by atoms with van der Waals surface area (Å²) in [4.78, 5) is 24.9. The molecule has 0 saturated carbocycles. The number of benzene rings is 2. The zero-order valence-corrected chi connectivity index (χ0v) is 16.4. The van der Waals surface area contributed by atoms with Crippen LogP contribution in [0, 0.1) is 0 Å². The molecule has 160 valence electrons. The number of aromatic nitrogens is 4. The van der Waals surface area contributed by atoms with Crippen molar-refractivity contribution >= 4 is 22.5 Å². The average molecular weight is 429 g/mol. The maximum atomic E-state index is 13.8. The van der Waals surface area contributed by atoms with E-state index in [9.17, 15) is 22.8 Å². The van der Waals surface area contributed by atoms with E-state index >= 15 is 0 Å². The van der Waals surface area contributed by atoms with Gasteiger partial charge < -0.3 is 5.32 Å². The van der Waals surface area contributed by atoms with Gasteiger partial charge in [-0.1, -0.05) is 25.1 Å². The molecule has 7 nitrogen and oxygen atoms in total. The highest BCUT2D eigenvalue weighted by molar-refractivity contribution is 6.06. The molecular formula is C21H18F3N5O2. The monoisotopic (exact) mass is 429 g/mol. The lowest BCUT2D eigenvalue weighted by molar-refractivity contribution is -0.143. The number of fused-ring (bicyclic) bond motifs is 1. The number of anilines is 1. The molecule has 4 rings (SSSR count). The van der Waals surface area contributed by atoms with Crippen LogP contribution in [0.4, 0.5) is 18.9 Å². The first-order valence-electron chi connectivity index (χ1n) is 9.54. The predicted octanol–water partition coefficient (Wildman–Crippen LogP) is 4.20. The summed E-state index contributed by atoms with van der Waals surface area (Å²) in [6.45, 7) is 2.57. The predicted molar refractivity (Wildman–Crippen MR) is 109 cm³/mol. The highest BCUT2D eigenvalue weighted by Gasteiger charge is 2.40. The Hall–Kier alpha value is -3.82. The van der Waals surface area contributed by atoms with Crippen LogP contribution in [-0.2, 0) is 12.7 Å². The number of alkyl halides is 3. The Morgan fingerprint density at radius 2 is 1.90 bits per heavy atom. The average Bonchev–Trinajstić information content (AvgIpc) is 3.31. The molecule has 4 aromatic rings. The Morgan fingerprint density at radius 3 is 2.58 bits per heavy atom. The quantitative estimate of drug-likeness (QED) is 0.499. The van der Waals surface area contributed by atoms with Gasteiger partial charge in [-0.25, -0.2) is 4.68 Å². The summed E-state index contributed by atoms with van der Waals surface area (Å²) >= 11 is 0. The maximum Gasteiger partial charge on any atom is 0.434 e. The van der Waals surface area contributed by atoms with E-state index in [1.54, 1.807) is 28.9 Å². The van der Waals surface area contributed by atoms with Crippen molar-refractivity contribution in [2.24, 2.45) is 0 Å². The number of para-hydroxylation sites is 1. The standard InChI is InChI=1S/C21H18F3N5O2/c1-2-10-28-17-9-8-13(11-15(17)20(31)27-28)26-19(30)16-12-25-29(18(16)21(22,23)24)14-6-4-3-5-7-14/h3-9,11-12H,2,10H2,1H3,(H,26,30)(H,27,31). The fourth-order valence-corrected chi connectivity index (χ4v) is 3.42. The molecule has 0 aliphatic rings. The SMILES string of the molecule is CCCn1[nH]c(=O)c2cc(NC(=O)c3cnn(-c4ccccc4)c3C(F)(F)F)ccc21. The van der Waals surface area contributed by atoms with Gasteiger partial charge in [-0.2, -0.15) is 18.3 Å². The van der Waals surface area contributed by atoms with Gasteiger partial charge >= 0.3 is 6.18 Å². The summed E-state index contributed by atoms with van der Waals surface area (Å²) < 4.78 is 43.7. The minimum atomic E-state index is -4.81. The molecule has 0 bridgehead atoms. The Labute approximate surface area is 174 Å². The van der Waals surface area contributed by atoms with E-state index in [1.165, 1.54) is 24.3 Å². The Kier molecular flexibility index (Phi) is 5.14. The number of H-pyrrole nitrogens is 1. The van der Waals surface area contributed by atoms with E-state index < -0.39 is 23.3 Å². The van der Waals surface area contributed by atoms with Crippen molar-refractivity contribution in [3.05, 3.63) is 76.3 Å². The topological polar surface area (TPSA) is 84.7 Å². The van der Waals surface area contributed by atoms with E-state index in [4.69, 9.17) is 0 Å². The van der Waals surface area contributed by atoms with E-state index in [0.717, 1.165) is 12.6 Å². The lowest BCUT2D eigenvalue weighted by atomic mass is 10.2. The second-order valence-electron chi connectivity index (χ2n) is 6.93. The molecule has 0 spiro atoms. The molecule has 0 aliphatic carbocycles. The number of hydrogen-bond donors (Lipinski definition) is 2. The fraction of sp³-hybridized carbons (Fsp3) is 0.190. The van der Waals surface area contributed by atoms with Crippen LogP contribution in [0.3, 0.4) is 0 Å². The third-order valence-corrected chi connectivity index (χ3v) is 4.76. The van der Waals surface area contributed by atoms with Crippen molar-refractivity contribution in [3.8, 4) is 5.69 Å². The van der Waals surface area contributed by atoms with Crippen LogP contribution in [0.2, 0.25) is 0 Å². The third-order valence-electron chi connectivity index (χ3n) is 4.76. The van der Waals surface area contributed by atoms with Gasteiger partial charge in [0.1, 0.15) is 0 Å². The molecule has 2 heterocycles. The summed E-state index contributed by atoms with van der Waals surface area (Å²) in [7, 11) is 0. The molecule has 1 amide bonds. The van der Waals surface area contributed by atoms with Crippen LogP contribution in [0.1, 0.15) is 29.4 Å². The Morgan fingerprint density at radius 1 is 1.16 bits per heavy atom. The van der Waals surface area contributed by atoms with Crippen molar-refractivity contribution in [2.45, 2.75) is 26.1 Å². The Bertz CT molecular complexity index is 1300. The number of hydrogen-bond acceptors (Lipinski definition) is 3. The normalized spacial score (nSPS) is 11.7. The second kappa shape index (κ2) is 7.78. The van der Waals surface area contributed by atoms with Crippen molar-refractivity contribution < 1.29 is 18.0 Å². The number of rotatable bonds is 5. The van der Waals surface area contributed by atoms with Crippen LogP contribution in [0.25, 0.3) is 16.6 Å². The van der Waals surface area contributed by atoms with Gasteiger partial charge in [0.15, 0.2) is 5.69 Å². The van der Waals surface area contributed by atoms with Crippen molar-refractivity contribution in [3.63, 3.8) is 0 Å². The van der Waals surface area contributed by atoms with Crippen molar-refractivity contribution in [1.29, 1.82) is 0 Å². The highest BCUT2D eigenvalue weighted by Crippen LogP contribution is 2.34. The van der Waals surface area contributed by atoms with Crippen molar-refractivity contribution in [2.75, 3.05) is 5.32 Å². The van der Waals surface area contributed by atoms with Gasteiger partial charge in [-0.05, 0) is 36.8 Å². The second-order valence-corrected chi connectivity index (χ2v) is 6.93. The van der Waals surface area contributed by atoms with Crippen LogP contribution >= 0.6 is 0 Å². The van der Waals surface area contributed by atoms with Crippen LogP contribution in [0.15, 0.2) is 59.5 Å². The lowest BCUT2D eigenvalue weighted by Crippen LogP contribution is -2.20. The van der Waals surface area contributed by atoms with Crippen LogP contribution < -0.4 is 10.9 Å². The zero-order valence-electron chi connectivity index (χ0n) is 16.4. The first kappa shape index (κ1) is 20.5. The van der Waals surface area contributed by atoms with Gasteiger partial charge in [0.2, 0.25) is 0 Å². The largest absolute Gasteiger partial charge is 0.434 e. The zero-order chi connectivity index (χ0) is 22.2. The first-order valence-corrected chi connectivity index (χ1v) is 9.54. The molecular weight excluding hydrogens is 411 g/mol. The van der Waals surface area contributed by atoms with Gasteiger partial charge in [-0.15, -0.1) is 0 Å². The molecule has 2 aromatic carbocycles. The molecule has 0 aliphatic heterocycles. The first-order chi connectivity index (χ1) is 14.8. The van der Waals surface area contributed by atoms with Crippen LogP contribution in [-0.4, -0.2) is 25.5 Å². The van der Waals surface area contributed by atoms with E-state index in [-0.39, 0.29) is 16.9 Å². The molecule has 0 radical (unpaired) electrons. The maximum absolute atomic E-state index is 13.8. The van der Waals surface area contributed by atoms with E-state index in [1.807, 2.05) is 6.92 Å². The fourth-order valence-electron chi connectivity index (χ4n) is 3.42. The Balaban J connectivity index is 1.70. The minimum absolute atomic E-state index is 0.180. The smallest absolute Gasteiger partial charge is 0.322 e. The summed E-state index contributed by atoms with van der Waals surface area (Å²) in [5.74, 6) is -0.974. The van der Waals surface area contributed by atoms with E-state index in [2.05, 4.69) is 15.5 Å². The van der Waals surface area contributed by atoms with Gasteiger partial charge in [0.05, 0.1) is 28.4 Å². The molecule has 0 saturated heterocycles. The molecule has 31 heavy (non-hydrogen) atoms. The molecule has 0 atom stereocenters. The number of carbonyl (C=O) groups is 1. The van der Waals surface area contributed by atoms with Crippen LogP contribution in [0.5, 0.6) is 0 Å². The summed E-state index contributed by atoms with van der Waals surface area (Å²) in [6, 6.07) is 12.4. The molecule has 0 fully saturated rings. The van der Waals surface area contributed by atoms with Gasteiger partial charge in [0.25, 0.3) is 11.5 Å². The van der Waals surface area contributed by atoms with Gasteiger partial charge in [0, 0.05) is 12.2 Å². The highest BCUT2D eigenvalue weighted by atomic mass is 19.4. The minimum Gasteiger partial charge on any atom is -0.322 e. The number of aryl methyl sites for hydroxylation is 1. The number of carbonyl (C=O) groups excluding carboxylic acids is 1. The number of amides is 1. The molecule has 0 unspecified atom stereocenters.